The van der Waals surface area contributed by atoms with Crippen molar-refractivity contribution in [3.63, 3.8) is 0 Å². The molecule has 0 bridgehead atoms. The molecule has 1 unspecified atom stereocenters. The third-order valence-electron chi connectivity index (χ3n) is 3.28. The lowest BCUT2D eigenvalue weighted by atomic mass is 10.2. The summed E-state index contributed by atoms with van der Waals surface area (Å²) in [5, 5.41) is 12.2. The van der Waals surface area contributed by atoms with Crippen molar-refractivity contribution in [2.75, 3.05) is 13.2 Å². The van der Waals surface area contributed by atoms with Gasteiger partial charge in [0.05, 0.1) is 13.2 Å². The third-order valence-corrected chi connectivity index (χ3v) is 3.28. The van der Waals surface area contributed by atoms with Crippen molar-refractivity contribution in [1.82, 2.24) is 5.32 Å². The lowest BCUT2D eigenvalue weighted by Crippen LogP contribution is -2.39. The Bertz CT molecular complexity index is 442. The van der Waals surface area contributed by atoms with Gasteiger partial charge < -0.3 is 19.9 Å². The molecule has 1 aromatic rings. The summed E-state index contributed by atoms with van der Waals surface area (Å²) in [6, 6.07) is 7.26. The molecular formula is C16H23NO4. The van der Waals surface area contributed by atoms with Gasteiger partial charge in [0.15, 0.2) is 0 Å². The zero-order valence-electron chi connectivity index (χ0n) is 12.4. The molecule has 0 saturated heterocycles. The number of carbonyl (C=O) groups is 1. The Hall–Kier alpha value is -1.75. The molecule has 1 aliphatic carbocycles. The quantitative estimate of drug-likeness (QED) is 0.693. The van der Waals surface area contributed by atoms with Crippen LogP contribution in [0.3, 0.4) is 0 Å². The number of hydrogen-bond donors (Lipinski definition) is 2. The van der Waals surface area contributed by atoms with E-state index in [1.165, 1.54) is 0 Å². The third kappa shape index (κ3) is 5.63. The fourth-order valence-electron chi connectivity index (χ4n) is 1.96. The molecule has 21 heavy (non-hydrogen) atoms. The van der Waals surface area contributed by atoms with E-state index >= 15 is 0 Å². The molecule has 1 fully saturated rings. The molecule has 0 aromatic heterocycles. The van der Waals surface area contributed by atoms with Crippen molar-refractivity contribution in [3.05, 3.63) is 24.3 Å². The summed E-state index contributed by atoms with van der Waals surface area (Å²) in [5.41, 5.74) is 0. The van der Waals surface area contributed by atoms with Crippen molar-refractivity contribution < 1.29 is 19.4 Å². The summed E-state index contributed by atoms with van der Waals surface area (Å²) in [5.74, 6) is 0.742. The van der Waals surface area contributed by atoms with Crippen molar-refractivity contribution in [2.45, 2.75) is 44.7 Å². The first-order valence-corrected chi connectivity index (χ1v) is 7.53. The standard InChI is InChI=1S/C16H23NO4/c1-2-10-20-13-5-7-14(8-6-13)21-11-9-15(16(18)19)17-12-3-4-12/h5-8,12,15,17H,2-4,9-11H2,1H3,(H,18,19). The van der Waals surface area contributed by atoms with Gasteiger partial charge in [0.2, 0.25) is 0 Å². The summed E-state index contributed by atoms with van der Waals surface area (Å²) in [4.78, 5) is 11.1. The number of rotatable bonds is 10. The predicted molar refractivity (Wildman–Crippen MR) is 79.9 cm³/mol. The van der Waals surface area contributed by atoms with Crippen molar-refractivity contribution in [2.24, 2.45) is 0 Å². The highest BCUT2D eigenvalue weighted by atomic mass is 16.5. The predicted octanol–water partition coefficient (Wildman–Crippen LogP) is 2.45. The van der Waals surface area contributed by atoms with Crippen LogP contribution in [-0.4, -0.2) is 36.4 Å². The second kappa shape index (κ2) is 7.88. The van der Waals surface area contributed by atoms with Crippen LogP contribution in [0.2, 0.25) is 0 Å². The lowest BCUT2D eigenvalue weighted by Gasteiger charge is -2.14. The zero-order chi connectivity index (χ0) is 15.1. The molecule has 1 aromatic carbocycles. The largest absolute Gasteiger partial charge is 0.494 e. The average molecular weight is 293 g/mol. The number of ether oxygens (including phenoxy) is 2. The SMILES string of the molecule is CCCOc1ccc(OCCC(NC2CC2)C(=O)O)cc1. The molecule has 0 spiro atoms. The van der Waals surface area contributed by atoms with E-state index in [-0.39, 0.29) is 0 Å². The normalized spacial score (nSPS) is 15.5. The number of nitrogens with one attached hydrogen (secondary N) is 1. The maximum atomic E-state index is 11.1. The van der Waals surface area contributed by atoms with E-state index in [9.17, 15) is 4.79 Å². The number of carboxylic acid groups (broad SMARTS) is 1. The monoisotopic (exact) mass is 293 g/mol. The van der Waals surface area contributed by atoms with Gasteiger partial charge in [-0.3, -0.25) is 4.79 Å². The highest BCUT2D eigenvalue weighted by Crippen LogP contribution is 2.21. The van der Waals surface area contributed by atoms with Gasteiger partial charge >= 0.3 is 5.97 Å². The summed E-state index contributed by atoms with van der Waals surface area (Å²) < 4.78 is 11.1. The molecule has 5 nitrogen and oxygen atoms in total. The molecular weight excluding hydrogens is 270 g/mol. The second-order valence-electron chi connectivity index (χ2n) is 5.29. The first-order valence-electron chi connectivity index (χ1n) is 7.53. The number of hydrogen-bond acceptors (Lipinski definition) is 4. The van der Waals surface area contributed by atoms with Crippen LogP contribution in [0.1, 0.15) is 32.6 Å². The molecule has 0 amide bonds. The van der Waals surface area contributed by atoms with Gasteiger partial charge in [-0.05, 0) is 43.5 Å². The van der Waals surface area contributed by atoms with Crippen LogP contribution < -0.4 is 14.8 Å². The second-order valence-corrected chi connectivity index (χ2v) is 5.29. The molecule has 0 aliphatic heterocycles. The molecule has 1 aliphatic rings. The number of aliphatic carboxylic acids is 1. The average Bonchev–Trinajstić information content (AvgIpc) is 3.29. The van der Waals surface area contributed by atoms with E-state index in [1.807, 2.05) is 24.3 Å². The smallest absolute Gasteiger partial charge is 0.320 e. The van der Waals surface area contributed by atoms with Crippen LogP contribution >= 0.6 is 0 Å². The van der Waals surface area contributed by atoms with Gasteiger partial charge in [0, 0.05) is 12.5 Å². The Morgan fingerprint density at radius 3 is 2.29 bits per heavy atom. The summed E-state index contributed by atoms with van der Waals surface area (Å²) >= 11 is 0. The van der Waals surface area contributed by atoms with Crippen LogP contribution in [0.25, 0.3) is 0 Å². The fraction of sp³-hybridized carbons (Fsp3) is 0.562. The molecule has 2 rings (SSSR count). The van der Waals surface area contributed by atoms with Crippen LogP contribution in [0.5, 0.6) is 11.5 Å². The van der Waals surface area contributed by atoms with E-state index in [0.29, 0.717) is 25.7 Å². The lowest BCUT2D eigenvalue weighted by molar-refractivity contribution is -0.139. The summed E-state index contributed by atoms with van der Waals surface area (Å²) in [6.07, 6.45) is 3.58. The Morgan fingerprint density at radius 1 is 1.24 bits per heavy atom. The Kier molecular flexibility index (Phi) is 5.87. The Morgan fingerprint density at radius 2 is 1.81 bits per heavy atom. The van der Waals surface area contributed by atoms with E-state index in [2.05, 4.69) is 12.2 Å². The maximum absolute atomic E-state index is 11.1. The maximum Gasteiger partial charge on any atom is 0.320 e. The first kappa shape index (κ1) is 15.6. The van der Waals surface area contributed by atoms with Crippen molar-refractivity contribution >= 4 is 5.97 Å². The molecule has 0 radical (unpaired) electrons. The summed E-state index contributed by atoms with van der Waals surface area (Å²) in [6.45, 7) is 3.14. The minimum absolute atomic E-state index is 0.376. The molecule has 116 valence electrons. The van der Waals surface area contributed by atoms with Gasteiger partial charge in [0.25, 0.3) is 0 Å². The van der Waals surface area contributed by atoms with Gasteiger partial charge in [0.1, 0.15) is 17.5 Å². The van der Waals surface area contributed by atoms with Gasteiger partial charge in [-0.15, -0.1) is 0 Å². The van der Waals surface area contributed by atoms with E-state index in [1.54, 1.807) is 0 Å². The minimum Gasteiger partial charge on any atom is -0.494 e. The van der Waals surface area contributed by atoms with Gasteiger partial charge in [-0.25, -0.2) is 0 Å². The van der Waals surface area contributed by atoms with Crippen LogP contribution in [0.4, 0.5) is 0 Å². The van der Waals surface area contributed by atoms with Crippen molar-refractivity contribution in [3.8, 4) is 11.5 Å². The number of carboxylic acids is 1. The Labute approximate surface area is 125 Å². The van der Waals surface area contributed by atoms with E-state index < -0.39 is 12.0 Å². The van der Waals surface area contributed by atoms with E-state index in [0.717, 1.165) is 30.8 Å². The first-order chi connectivity index (χ1) is 10.2. The van der Waals surface area contributed by atoms with Crippen LogP contribution in [0, 0.1) is 0 Å². The van der Waals surface area contributed by atoms with Gasteiger partial charge in [-0.1, -0.05) is 6.92 Å². The van der Waals surface area contributed by atoms with Crippen LogP contribution in [-0.2, 0) is 4.79 Å². The Balaban J connectivity index is 1.72. The molecule has 1 atom stereocenters. The van der Waals surface area contributed by atoms with Gasteiger partial charge in [-0.2, -0.15) is 0 Å². The zero-order valence-corrected chi connectivity index (χ0v) is 12.4. The van der Waals surface area contributed by atoms with E-state index in [4.69, 9.17) is 14.6 Å². The topological polar surface area (TPSA) is 67.8 Å². The highest BCUT2D eigenvalue weighted by molar-refractivity contribution is 5.73. The molecule has 5 heteroatoms. The summed E-state index contributed by atoms with van der Waals surface area (Å²) in [7, 11) is 0. The molecule has 2 N–H and O–H groups in total. The molecule has 1 saturated carbocycles. The molecule has 0 heterocycles. The minimum atomic E-state index is -0.811. The highest BCUT2D eigenvalue weighted by Gasteiger charge is 2.27. The van der Waals surface area contributed by atoms with Crippen LogP contribution in [0.15, 0.2) is 24.3 Å². The fourth-order valence-corrected chi connectivity index (χ4v) is 1.96. The number of benzene rings is 1. The van der Waals surface area contributed by atoms with Crippen molar-refractivity contribution in [1.29, 1.82) is 0 Å².